The van der Waals surface area contributed by atoms with E-state index in [2.05, 4.69) is 12.3 Å². The van der Waals surface area contributed by atoms with Crippen LogP contribution in [0, 0.1) is 0 Å². The number of aliphatic hydroxyl groups is 8. The van der Waals surface area contributed by atoms with E-state index in [1.807, 2.05) is 0 Å². The van der Waals surface area contributed by atoms with Crippen LogP contribution in [0.2, 0.25) is 0 Å². The second-order valence-corrected chi connectivity index (χ2v) is 11.1. The van der Waals surface area contributed by atoms with Gasteiger partial charge >= 0.3 is 165 Å². The van der Waals surface area contributed by atoms with Gasteiger partial charge in [0.15, 0.2) is 0 Å². The average molecular weight is 535 g/mol. The number of hydrogen-bond acceptors (Lipinski definition) is 16. The third kappa shape index (κ3) is 4.59. The summed E-state index contributed by atoms with van der Waals surface area (Å²) in [4.78, 5) is 47.9. The van der Waals surface area contributed by atoms with Gasteiger partial charge in [0.25, 0.3) is 0 Å². The number of carbonyl (C=O) groups excluding carboxylic acids is 4. The molecule has 16 nitrogen and oxygen atoms in total. The first kappa shape index (κ1) is 23.6. The maximum absolute atomic E-state index is 12.0. The molecule has 2 rings (SSSR count). The first-order chi connectivity index (χ1) is 13.3. The molecule has 8 N–H and O–H groups in total. The van der Waals surface area contributed by atoms with Gasteiger partial charge in [0.1, 0.15) is 0 Å². The van der Waals surface area contributed by atoms with Gasteiger partial charge < -0.3 is 0 Å². The Morgan fingerprint density at radius 3 is 0.793 bits per heavy atom. The molecule has 0 amide bonds. The fourth-order valence-electron chi connectivity index (χ4n) is 2.16. The van der Waals surface area contributed by atoms with Crippen LogP contribution in [0.25, 0.3) is 0 Å². The number of hydrogen-bond donors (Lipinski definition) is 8. The zero-order valence-corrected chi connectivity index (χ0v) is 16.8. The van der Waals surface area contributed by atoms with E-state index in [-0.39, 0.29) is 0 Å². The third-order valence-electron chi connectivity index (χ3n) is 3.86. The van der Waals surface area contributed by atoms with Crippen molar-refractivity contribution in [1.82, 2.24) is 0 Å². The maximum atomic E-state index is 12.0. The molecule has 0 aromatic heterocycles. The summed E-state index contributed by atoms with van der Waals surface area (Å²) < 4.78 is 17.9. The van der Waals surface area contributed by atoms with E-state index in [0.29, 0.717) is 0 Å². The van der Waals surface area contributed by atoms with Crippen molar-refractivity contribution >= 4 is 43.9 Å². The predicted octanol–water partition coefficient (Wildman–Crippen LogP) is -7.49. The van der Waals surface area contributed by atoms with Gasteiger partial charge in [-0.3, -0.25) is 0 Å². The molecule has 17 heteroatoms. The van der Waals surface area contributed by atoms with Crippen LogP contribution in [0.1, 0.15) is 0 Å². The van der Waals surface area contributed by atoms with Gasteiger partial charge in [0, 0.05) is 0 Å². The second kappa shape index (κ2) is 8.61. The minimum atomic E-state index is -6.78. The zero-order valence-electron chi connectivity index (χ0n) is 14.0. The molecule has 0 bridgehead atoms. The predicted molar refractivity (Wildman–Crippen MR) is 78.2 cm³/mol. The molecule has 9 atom stereocenters. The molecular formula is C12H16O16Sn. The molecule has 1 spiro atoms. The molecule has 164 valence electrons. The Balaban J connectivity index is 2.55. The van der Waals surface area contributed by atoms with E-state index in [9.17, 15) is 60.0 Å². The molecule has 0 aromatic rings. The van der Waals surface area contributed by atoms with Crippen LogP contribution in [0.5, 0.6) is 0 Å². The number of aliphatic hydroxyl groups excluding tert-OH is 8. The Morgan fingerprint density at radius 1 is 0.448 bits per heavy atom. The number of rotatable bonds is 0. The quantitative estimate of drug-likeness (QED) is 0.134. The minimum absolute atomic E-state index is 1.95. The van der Waals surface area contributed by atoms with Crippen LogP contribution in [-0.2, 0) is 31.5 Å². The first-order valence-corrected chi connectivity index (χ1v) is 12.3. The Hall–Kier alpha value is -1.64. The van der Waals surface area contributed by atoms with Gasteiger partial charge in [-0.1, -0.05) is 0 Å². The van der Waals surface area contributed by atoms with Crippen LogP contribution in [0.15, 0.2) is 0 Å². The van der Waals surface area contributed by atoms with Crippen molar-refractivity contribution in [3.05, 3.63) is 0 Å². The molecule has 0 radical (unpaired) electrons. The Bertz CT molecular complexity index is 578. The van der Waals surface area contributed by atoms with Gasteiger partial charge in [0.05, 0.1) is 0 Å². The average Bonchev–Trinajstić information content (AvgIpc) is 2.70. The molecule has 29 heavy (non-hydrogen) atoms. The Labute approximate surface area is 165 Å². The normalized spacial score (nSPS) is 44.7. The second-order valence-electron chi connectivity index (χ2n) is 5.93. The van der Waals surface area contributed by atoms with Gasteiger partial charge in [-0.05, 0) is 0 Å². The van der Waals surface area contributed by atoms with Crippen LogP contribution in [0.4, 0.5) is 0 Å². The van der Waals surface area contributed by atoms with Crippen LogP contribution in [0.3, 0.4) is 0 Å². The van der Waals surface area contributed by atoms with Gasteiger partial charge in [0.2, 0.25) is 0 Å². The van der Waals surface area contributed by atoms with E-state index < -0.39 is 92.7 Å². The fraction of sp³-hybridized carbons (Fsp3) is 0.667. The first-order valence-electron chi connectivity index (χ1n) is 7.67. The zero-order chi connectivity index (χ0) is 22.3. The summed E-state index contributed by atoms with van der Waals surface area (Å²) in [6.07, 6.45) is -20.7. The molecule has 0 saturated carbocycles. The molecule has 2 aliphatic heterocycles. The van der Waals surface area contributed by atoms with Gasteiger partial charge in [-0.2, -0.15) is 0 Å². The monoisotopic (exact) mass is 536 g/mol. The fourth-order valence-corrected chi connectivity index (χ4v) is 7.07. The summed E-state index contributed by atoms with van der Waals surface area (Å²) in [5, 5.41) is 77.2. The molecule has 1 unspecified atom stereocenters. The van der Waals surface area contributed by atoms with Gasteiger partial charge in [-0.25, -0.2) is 0 Å². The summed E-state index contributed by atoms with van der Waals surface area (Å²) in [6, 6.07) is 0. The molecule has 2 heterocycles. The molecule has 0 aliphatic carbocycles. The summed E-state index contributed by atoms with van der Waals surface area (Å²) >= 11 is -6.78. The molecule has 2 aliphatic rings. The van der Waals surface area contributed by atoms with Crippen molar-refractivity contribution < 1.29 is 72.3 Å². The Morgan fingerprint density at radius 2 is 0.621 bits per heavy atom. The van der Waals surface area contributed by atoms with E-state index in [1.54, 1.807) is 0 Å². The van der Waals surface area contributed by atoms with Crippen molar-refractivity contribution in [2.45, 2.75) is 48.8 Å². The van der Waals surface area contributed by atoms with Crippen molar-refractivity contribution in [2.75, 3.05) is 0 Å². The van der Waals surface area contributed by atoms with Gasteiger partial charge in [-0.15, -0.1) is 0 Å². The standard InChI is InChI=1S/2C6H10O8.Sn/c2*7-1(3(9)5(11)12)2(8)4(10)6(13)14;/h2*1-4,7-10H,(H,11,12)(H,13,14);/q;;+4/p-4/t2*1-,2+,3-,4-;/m10./s1. The molecule has 2 saturated heterocycles. The topological polar surface area (TPSA) is 267 Å². The SMILES string of the molecule is O=C1[O][Sn]2([O]C(=O)[C@@H](O)[C@@H](O)[C@@H](O)[C@@H]1O)[O]C(=O)[C@H](O)[C@H](O)[C@H](O)[C@@H](O)C(=O)[O]2. The molecule has 2 fully saturated rings. The molecular weight excluding hydrogens is 519 g/mol. The summed E-state index contributed by atoms with van der Waals surface area (Å²) in [5.41, 5.74) is 0. The van der Waals surface area contributed by atoms with E-state index in [1.165, 1.54) is 0 Å². The summed E-state index contributed by atoms with van der Waals surface area (Å²) in [6.45, 7) is 0. The third-order valence-corrected chi connectivity index (χ3v) is 9.01. The Kier molecular flexibility index (Phi) is 7.02. The van der Waals surface area contributed by atoms with Crippen molar-refractivity contribution in [3.8, 4) is 0 Å². The summed E-state index contributed by atoms with van der Waals surface area (Å²) in [5.74, 6) is -7.78. The van der Waals surface area contributed by atoms with E-state index >= 15 is 0 Å². The van der Waals surface area contributed by atoms with Crippen molar-refractivity contribution in [3.63, 3.8) is 0 Å². The van der Waals surface area contributed by atoms with E-state index in [4.69, 9.17) is 0 Å². The van der Waals surface area contributed by atoms with Crippen LogP contribution < -0.4 is 0 Å². The van der Waals surface area contributed by atoms with Crippen molar-refractivity contribution in [2.24, 2.45) is 0 Å². The summed E-state index contributed by atoms with van der Waals surface area (Å²) in [7, 11) is 0. The molecule has 0 aromatic carbocycles. The van der Waals surface area contributed by atoms with E-state index in [0.717, 1.165) is 0 Å². The van der Waals surface area contributed by atoms with Crippen molar-refractivity contribution in [1.29, 1.82) is 0 Å². The number of carbonyl (C=O) groups is 4. The van der Waals surface area contributed by atoms with Crippen LogP contribution in [-0.4, -0.2) is 134 Å². The van der Waals surface area contributed by atoms with Crippen LogP contribution >= 0.6 is 0 Å².